The van der Waals surface area contributed by atoms with Gasteiger partial charge in [-0.25, -0.2) is 9.67 Å². The monoisotopic (exact) mass is 307 g/mol. The van der Waals surface area contributed by atoms with Crippen LogP contribution in [0.2, 0.25) is 0 Å². The Morgan fingerprint density at radius 3 is 2.86 bits per heavy atom. The van der Waals surface area contributed by atoms with Crippen molar-refractivity contribution in [2.75, 3.05) is 12.9 Å². The molecule has 0 saturated carbocycles. The Hall–Kier alpha value is -1.96. The molecule has 0 amide bonds. The first-order chi connectivity index (χ1) is 9.93. The fourth-order valence-electron chi connectivity index (χ4n) is 1.66. The van der Waals surface area contributed by atoms with Gasteiger partial charge in [0.15, 0.2) is 5.78 Å². The average molecular weight is 307 g/mol. The van der Waals surface area contributed by atoms with E-state index < -0.39 is 0 Å². The molecule has 21 heavy (non-hydrogen) atoms. The molecule has 2 heterocycles. The van der Waals surface area contributed by atoms with E-state index >= 15 is 0 Å². The van der Waals surface area contributed by atoms with Gasteiger partial charge in [0.05, 0.1) is 24.0 Å². The van der Waals surface area contributed by atoms with Crippen LogP contribution >= 0.6 is 11.8 Å². The number of ketones is 1. The van der Waals surface area contributed by atoms with Crippen LogP contribution in [0.3, 0.4) is 0 Å². The number of ether oxygens (including phenoxy) is 1. The van der Waals surface area contributed by atoms with Crippen LogP contribution in [0.25, 0.3) is 0 Å². The molecule has 2 aromatic heterocycles. The topological polar surface area (TPSA) is 82.8 Å². The number of nitrogens with zero attached hydrogens (tertiary/aromatic N) is 5. The van der Waals surface area contributed by atoms with Crippen molar-refractivity contribution >= 4 is 17.5 Å². The van der Waals surface area contributed by atoms with E-state index in [9.17, 15) is 4.79 Å². The number of hydrogen-bond donors (Lipinski definition) is 0. The first-order valence-corrected chi connectivity index (χ1v) is 7.36. The summed E-state index contributed by atoms with van der Waals surface area (Å²) < 4.78 is 6.79. The lowest BCUT2D eigenvalue weighted by atomic mass is 10.1. The first-order valence-electron chi connectivity index (χ1n) is 6.37. The highest BCUT2D eigenvalue weighted by molar-refractivity contribution is 7.99. The van der Waals surface area contributed by atoms with Gasteiger partial charge in [0.1, 0.15) is 0 Å². The maximum atomic E-state index is 12.3. The predicted molar refractivity (Wildman–Crippen MR) is 78.7 cm³/mol. The van der Waals surface area contributed by atoms with Crippen LogP contribution in [0.15, 0.2) is 23.5 Å². The molecule has 0 aliphatic heterocycles. The summed E-state index contributed by atoms with van der Waals surface area (Å²) in [5, 5.41) is 12.2. The molecule has 0 spiro atoms. The summed E-state index contributed by atoms with van der Waals surface area (Å²) >= 11 is 1.30. The summed E-state index contributed by atoms with van der Waals surface area (Å²) in [4.78, 5) is 16.3. The minimum absolute atomic E-state index is 0.0755. The van der Waals surface area contributed by atoms with E-state index in [1.165, 1.54) is 18.9 Å². The van der Waals surface area contributed by atoms with Gasteiger partial charge in [-0.05, 0) is 43.3 Å². The van der Waals surface area contributed by atoms with E-state index in [0.29, 0.717) is 16.6 Å². The van der Waals surface area contributed by atoms with Gasteiger partial charge in [0, 0.05) is 6.20 Å². The van der Waals surface area contributed by atoms with Crippen LogP contribution in [-0.2, 0) is 5.54 Å². The lowest BCUT2D eigenvalue weighted by molar-refractivity contribution is 0.101. The number of thioether (sulfide) groups is 1. The van der Waals surface area contributed by atoms with Crippen molar-refractivity contribution in [1.29, 1.82) is 0 Å². The van der Waals surface area contributed by atoms with Crippen molar-refractivity contribution in [3.63, 3.8) is 0 Å². The second-order valence-corrected chi connectivity index (χ2v) is 6.26. The number of tetrazole rings is 1. The van der Waals surface area contributed by atoms with E-state index in [-0.39, 0.29) is 17.1 Å². The molecule has 8 heteroatoms. The average Bonchev–Trinajstić information content (AvgIpc) is 2.93. The van der Waals surface area contributed by atoms with Crippen molar-refractivity contribution in [2.45, 2.75) is 31.5 Å². The van der Waals surface area contributed by atoms with Gasteiger partial charge in [-0.3, -0.25) is 4.79 Å². The quantitative estimate of drug-likeness (QED) is 0.615. The minimum Gasteiger partial charge on any atom is -0.480 e. The smallest absolute Gasteiger partial charge is 0.224 e. The van der Waals surface area contributed by atoms with Gasteiger partial charge >= 0.3 is 0 Å². The van der Waals surface area contributed by atoms with Gasteiger partial charge in [0.2, 0.25) is 11.0 Å². The first kappa shape index (κ1) is 15.4. The normalized spacial score (nSPS) is 11.4. The lowest BCUT2D eigenvalue weighted by Gasteiger charge is -2.19. The second kappa shape index (κ2) is 6.21. The Kier molecular flexibility index (Phi) is 4.56. The van der Waals surface area contributed by atoms with E-state index in [0.717, 1.165) is 0 Å². The molecule has 0 bridgehead atoms. The number of rotatable bonds is 5. The summed E-state index contributed by atoms with van der Waals surface area (Å²) in [7, 11) is 1.49. The van der Waals surface area contributed by atoms with Gasteiger partial charge in [0.25, 0.3) is 0 Å². The molecule has 7 nitrogen and oxygen atoms in total. The molecular weight excluding hydrogens is 290 g/mol. The molecular formula is C13H17N5O2S. The Morgan fingerprint density at radius 2 is 2.19 bits per heavy atom. The summed E-state index contributed by atoms with van der Waals surface area (Å²) in [6.07, 6.45) is 1.59. The number of aromatic nitrogens is 5. The van der Waals surface area contributed by atoms with Crippen LogP contribution in [0.5, 0.6) is 5.88 Å². The second-order valence-electron chi connectivity index (χ2n) is 5.32. The third-order valence-electron chi connectivity index (χ3n) is 2.67. The Balaban J connectivity index is 2.10. The highest BCUT2D eigenvalue weighted by atomic mass is 32.2. The predicted octanol–water partition coefficient (Wildman–Crippen LogP) is 1.81. The van der Waals surface area contributed by atoms with Gasteiger partial charge in [-0.15, -0.1) is 5.10 Å². The number of carbonyl (C=O) groups excluding carboxylic acids is 1. The summed E-state index contributed by atoms with van der Waals surface area (Å²) in [5.41, 5.74) is 0.225. The lowest BCUT2D eigenvalue weighted by Crippen LogP contribution is -2.24. The summed E-state index contributed by atoms with van der Waals surface area (Å²) in [5.74, 6) is 0.477. The molecule has 2 aromatic rings. The standard InChI is InChI=1S/C13H17N5O2S/c1-13(2,3)18-12(15-16-17-18)21-8-10(19)9-6-5-7-14-11(9)20-4/h5-7H,8H2,1-4H3. The molecule has 2 rings (SSSR count). The van der Waals surface area contributed by atoms with Crippen molar-refractivity contribution in [1.82, 2.24) is 25.2 Å². The zero-order valence-corrected chi connectivity index (χ0v) is 13.2. The number of hydrogen-bond acceptors (Lipinski definition) is 7. The molecule has 0 radical (unpaired) electrons. The molecule has 0 saturated heterocycles. The SMILES string of the molecule is COc1ncccc1C(=O)CSc1nnnn1C(C)(C)C. The maximum Gasteiger partial charge on any atom is 0.224 e. The van der Waals surface area contributed by atoms with Crippen LogP contribution in [0.1, 0.15) is 31.1 Å². The highest BCUT2D eigenvalue weighted by Crippen LogP contribution is 2.23. The fourth-order valence-corrected chi connectivity index (χ4v) is 2.61. The van der Waals surface area contributed by atoms with Gasteiger partial charge in [-0.2, -0.15) is 0 Å². The van der Waals surface area contributed by atoms with Crippen molar-refractivity contribution in [3.8, 4) is 5.88 Å². The van der Waals surface area contributed by atoms with Crippen molar-refractivity contribution in [2.24, 2.45) is 0 Å². The number of carbonyl (C=O) groups is 1. The zero-order chi connectivity index (χ0) is 15.5. The van der Waals surface area contributed by atoms with E-state index in [1.54, 1.807) is 23.0 Å². The van der Waals surface area contributed by atoms with E-state index in [2.05, 4.69) is 20.5 Å². The number of pyridine rings is 1. The van der Waals surface area contributed by atoms with Crippen molar-refractivity contribution < 1.29 is 9.53 Å². The zero-order valence-electron chi connectivity index (χ0n) is 12.4. The Labute approximate surface area is 127 Å². The molecule has 0 aliphatic carbocycles. The van der Waals surface area contributed by atoms with Crippen LogP contribution < -0.4 is 4.74 Å². The number of Topliss-reactive ketones (excluding diaryl/α,β-unsaturated/α-hetero) is 1. The molecule has 0 fully saturated rings. The Morgan fingerprint density at radius 1 is 1.43 bits per heavy atom. The van der Waals surface area contributed by atoms with Crippen LogP contribution in [0, 0.1) is 0 Å². The van der Waals surface area contributed by atoms with Crippen LogP contribution in [0.4, 0.5) is 0 Å². The third-order valence-corrected chi connectivity index (χ3v) is 3.59. The molecule has 0 unspecified atom stereocenters. The van der Waals surface area contributed by atoms with Gasteiger partial charge < -0.3 is 4.74 Å². The molecule has 0 aromatic carbocycles. The molecule has 0 aliphatic rings. The summed E-state index contributed by atoms with van der Waals surface area (Å²) in [6.45, 7) is 6.00. The largest absolute Gasteiger partial charge is 0.480 e. The molecule has 0 N–H and O–H groups in total. The third kappa shape index (κ3) is 3.57. The fraction of sp³-hybridized carbons (Fsp3) is 0.462. The summed E-state index contributed by atoms with van der Waals surface area (Å²) in [6, 6.07) is 3.40. The minimum atomic E-state index is -0.235. The van der Waals surface area contributed by atoms with E-state index in [1.807, 2.05) is 20.8 Å². The van der Waals surface area contributed by atoms with Gasteiger partial charge in [-0.1, -0.05) is 11.8 Å². The molecule has 0 atom stereocenters. The maximum absolute atomic E-state index is 12.3. The van der Waals surface area contributed by atoms with Crippen molar-refractivity contribution in [3.05, 3.63) is 23.9 Å². The Bertz CT molecular complexity index is 635. The number of methoxy groups -OCH3 is 1. The highest BCUT2D eigenvalue weighted by Gasteiger charge is 2.21. The van der Waals surface area contributed by atoms with Crippen LogP contribution in [-0.4, -0.2) is 43.8 Å². The molecule has 112 valence electrons. The van der Waals surface area contributed by atoms with E-state index in [4.69, 9.17) is 4.74 Å².